The number of hydrogen-bond acceptors (Lipinski definition) is 6. The van der Waals surface area contributed by atoms with Gasteiger partial charge in [0.2, 0.25) is 0 Å². The van der Waals surface area contributed by atoms with Gasteiger partial charge in [0, 0.05) is 43.6 Å². The highest BCUT2D eigenvalue weighted by Crippen LogP contribution is 2.44. The fourth-order valence-corrected chi connectivity index (χ4v) is 4.10. The zero-order valence-corrected chi connectivity index (χ0v) is 18.7. The molecule has 0 radical (unpaired) electrons. The Bertz CT molecular complexity index is 1160. The number of carbonyl (C=O) groups excluding carboxylic acids is 1. The summed E-state index contributed by atoms with van der Waals surface area (Å²) in [6.45, 7) is 1.39. The molecule has 0 atom stereocenters. The van der Waals surface area contributed by atoms with E-state index < -0.39 is 0 Å². The van der Waals surface area contributed by atoms with Gasteiger partial charge in [0.15, 0.2) is 11.5 Å². The highest BCUT2D eigenvalue weighted by atomic mass is 19.1. The number of hydrogen-bond donors (Lipinski definition) is 3. The van der Waals surface area contributed by atoms with Crippen LogP contribution in [0.1, 0.15) is 22.4 Å². The van der Waals surface area contributed by atoms with Gasteiger partial charge in [0.05, 0.1) is 32.2 Å². The molecule has 8 nitrogen and oxygen atoms in total. The van der Waals surface area contributed by atoms with Crippen molar-refractivity contribution in [2.24, 2.45) is 0 Å². The standard InChI is InChI=1S/C24H27FN4O4/c1-32-21-13-16-12-19-20(11-15-4-3-5-17(25)10-15)28-29(23(19)18(16)14-22(21)33-2)24(31)27-7-6-26-8-9-30/h3-5,10,13-14,26,30H,6-9,11-12H2,1-2H3,(H,27,31). The van der Waals surface area contributed by atoms with Crippen molar-refractivity contribution in [2.45, 2.75) is 12.8 Å². The molecular formula is C24H27FN4O4. The summed E-state index contributed by atoms with van der Waals surface area (Å²) in [5.41, 5.74) is 5.00. The highest BCUT2D eigenvalue weighted by Gasteiger charge is 2.31. The van der Waals surface area contributed by atoms with Crippen LogP contribution in [0.3, 0.4) is 0 Å². The Kier molecular flexibility index (Phi) is 6.90. The SMILES string of the molecule is COc1cc2c(cc1OC)-c1c(c(Cc3cccc(F)c3)nn1C(=O)NCCNCCO)C2. The van der Waals surface area contributed by atoms with Crippen LogP contribution in [-0.2, 0) is 12.8 Å². The Morgan fingerprint density at radius 1 is 1.15 bits per heavy atom. The fraction of sp³-hybridized carbons (Fsp3) is 0.333. The van der Waals surface area contributed by atoms with Crippen LogP contribution in [0.4, 0.5) is 9.18 Å². The van der Waals surface area contributed by atoms with E-state index in [9.17, 15) is 9.18 Å². The second-order valence-corrected chi connectivity index (χ2v) is 7.74. The Hall–Kier alpha value is -3.43. The Morgan fingerprint density at radius 3 is 2.67 bits per heavy atom. The zero-order chi connectivity index (χ0) is 23.4. The van der Waals surface area contributed by atoms with Gasteiger partial charge in [0.25, 0.3) is 0 Å². The second-order valence-electron chi connectivity index (χ2n) is 7.74. The molecule has 3 N–H and O–H groups in total. The molecule has 4 rings (SSSR count). The summed E-state index contributed by atoms with van der Waals surface area (Å²) in [5.74, 6) is 0.874. The van der Waals surface area contributed by atoms with Gasteiger partial charge in [-0.25, -0.2) is 9.18 Å². The molecule has 33 heavy (non-hydrogen) atoms. The lowest BCUT2D eigenvalue weighted by molar-refractivity contribution is 0.239. The van der Waals surface area contributed by atoms with Crippen molar-refractivity contribution in [3.05, 3.63) is 64.6 Å². The first kappa shape index (κ1) is 22.8. The molecule has 9 heteroatoms. The third-order valence-electron chi connectivity index (χ3n) is 5.62. The third kappa shape index (κ3) is 4.69. The molecule has 0 fully saturated rings. The molecule has 0 unspecified atom stereocenters. The summed E-state index contributed by atoms with van der Waals surface area (Å²) in [7, 11) is 3.15. The van der Waals surface area contributed by atoms with Crippen molar-refractivity contribution in [2.75, 3.05) is 40.5 Å². The Balaban J connectivity index is 1.70. The fourth-order valence-electron chi connectivity index (χ4n) is 4.10. The van der Waals surface area contributed by atoms with Crippen LogP contribution in [0.15, 0.2) is 36.4 Å². The van der Waals surface area contributed by atoms with Gasteiger partial charge < -0.3 is 25.2 Å². The van der Waals surface area contributed by atoms with Crippen molar-refractivity contribution < 1.29 is 23.8 Å². The number of ether oxygens (including phenoxy) is 2. The van der Waals surface area contributed by atoms with Crippen LogP contribution in [-0.4, -0.2) is 61.4 Å². The van der Waals surface area contributed by atoms with Crippen LogP contribution >= 0.6 is 0 Å². The van der Waals surface area contributed by atoms with Crippen LogP contribution < -0.4 is 20.1 Å². The maximum atomic E-state index is 13.7. The molecule has 174 valence electrons. The van der Waals surface area contributed by atoms with E-state index in [0.29, 0.717) is 49.7 Å². The number of nitrogens with one attached hydrogen (secondary N) is 2. The molecule has 0 bridgehead atoms. The number of aliphatic hydroxyl groups excluding tert-OH is 1. The van der Waals surface area contributed by atoms with Crippen molar-refractivity contribution in [1.29, 1.82) is 0 Å². The smallest absolute Gasteiger partial charge is 0.342 e. The molecule has 1 aromatic heterocycles. The minimum atomic E-state index is -0.356. The van der Waals surface area contributed by atoms with Gasteiger partial charge in [-0.3, -0.25) is 0 Å². The number of nitrogens with zero attached hydrogens (tertiary/aromatic N) is 2. The number of benzene rings is 2. The molecule has 0 spiro atoms. The normalized spacial score (nSPS) is 11.8. The van der Waals surface area contributed by atoms with Gasteiger partial charge in [-0.15, -0.1) is 0 Å². The monoisotopic (exact) mass is 454 g/mol. The molecule has 1 aliphatic carbocycles. The van der Waals surface area contributed by atoms with Crippen LogP contribution in [0.2, 0.25) is 0 Å². The van der Waals surface area contributed by atoms with E-state index in [2.05, 4.69) is 15.7 Å². The van der Waals surface area contributed by atoms with E-state index in [-0.39, 0.29) is 18.5 Å². The average Bonchev–Trinajstić information content (AvgIpc) is 3.35. The topological polar surface area (TPSA) is 97.6 Å². The number of amides is 1. The summed E-state index contributed by atoms with van der Waals surface area (Å²) in [6, 6.07) is 9.81. The lowest BCUT2D eigenvalue weighted by Crippen LogP contribution is -2.36. The number of rotatable bonds is 9. The maximum Gasteiger partial charge on any atom is 0.342 e. The predicted molar refractivity (Wildman–Crippen MR) is 122 cm³/mol. The Labute approximate surface area is 191 Å². The second kappa shape index (κ2) is 10.0. The molecule has 1 aliphatic rings. The summed E-state index contributed by atoms with van der Waals surface area (Å²) >= 11 is 0. The number of carbonyl (C=O) groups is 1. The molecule has 1 amide bonds. The molecule has 0 saturated heterocycles. The van der Waals surface area contributed by atoms with Gasteiger partial charge >= 0.3 is 6.03 Å². The number of halogens is 1. The molecule has 1 heterocycles. The summed E-state index contributed by atoms with van der Waals surface area (Å²) in [4.78, 5) is 13.0. The van der Waals surface area contributed by atoms with Gasteiger partial charge in [0.1, 0.15) is 5.82 Å². The minimum absolute atomic E-state index is 0.0339. The summed E-state index contributed by atoms with van der Waals surface area (Å²) in [6.07, 6.45) is 0.988. The van der Waals surface area contributed by atoms with Crippen molar-refractivity contribution in [3.63, 3.8) is 0 Å². The van der Waals surface area contributed by atoms with Crippen LogP contribution in [0, 0.1) is 5.82 Å². The number of aliphatic hydroxyl groups is 1. The van der Waals surface area contributed by atoms with Crippen LogP contribution in [0.5, 0.6) is 11.5 Å². The first-order valence-electron chi connectivity index (χ1n) is 10.8. The number of aromatic nitrogens is 2. The molecule has 3 aromatic rings. The maximum absolute atomic E-state index is 13.7. The molecular weight excluding hydrogens is 427 g/mol. The van der Waals surface area contributed by atoms with Gasteiger partial charge in [-0.2, -0.15) is 9.78 Å². The number of methoxy groups -OCH3 is 2. The quantitative estimate of drug-likeness (QED) is 0.336. The predicted octanol–water partition coefficient (Wildman–Crippen LogP) is 2.34. The van der Waals surface area contributed by atoms with Crippen LogP contribution in [0.25, 0.3) is 11.3 Å². The van der Waals surface area contributed by atoms with Crippen molar-refractivity contribution in [3.8, 4) is 22.8 Å². The molecule has 0 aliphatic heterocycles. The largest absolute Gasteiger partial charge is 0.493 e. The van der Waals surface area contributed by atoms with E-state index >= 15 is 0 Å². The van der Waals surface area contributed by atoms with E-state index in [1.165, 1.54) is 16.8 Å². The molecule has 2 aromatic carbocycles. The lowest BCUT2D eigenvalue weighted by Gasteiger charge is -2.12. The van der Waals surface area contributed by atoms with Crippen molar-refractivity contribution in [1.82, 2.24) is 20.4 Å². The first-order valence-corrected chi connectivity index (χ1v) is 10.8. The van der Waals surface area contributed by atoms with E-state index in [4.69, 9.17) is 14.6 Å². The van der Waals surface area contributed by atoms with E-state index in [0.717, 1.165) is 27.9 Å². The van der Waals surface area contributed by atoms with Gasteiger partial charge in [-0.05, 0) is 35.4 Å². The molecule has 0 saturated carbocycles. The van der Waals surface area contributed by atoms with E-state index in [1.54, 1.807) is 20.3 Å². The summed E-state index contributed by atoms with van der Waals surface area (Å²) in [5, 5.41) is 19.4. The minimum Gasteiger partial charge on any atom is -0.493 e. The average molecular weight is 455 g/mol. The Morgan fingerprint density at radius 2 is 1.94 bits per heavy atom. The lowest BCUT2D eigenvalue weighted by atomic mass is 10.0. The van der Waals surface area contributed by atoms with Gasteiger partial charge in [-0.1, -0.05) is 12.1 Å². The highest BCUT2D eigenvalue weighted by molar-refractivity contribution is 5.87. The zero-order valence-electron chi connectivity index (χ0n) is 18.7. The third-order valence-corrected chi connectivity index (χ3v) is 5.62. The number of fused-ring (bicyclic) bond motifs is 3. The summed E-state index contributed by atoms with van der Waals surface area (Å²) < 4.78 is 26.0. The van der Waals surface area contributed by atoms with E-state index in [1.807, 2.05) is 18.2 Å². The first-order chi connectivity index (χ1) is 16.0. The van der Waals surface area contributed by atoms with Crippen molar-refractivity contribution >= 4 is 6.03 Å².